The van der Waals surface area contributed by atoms with Gasteiger partial charge in [0.1, 0.15) is 0 Å². The van der Waals surface area contributed by atoms with E-state index < -0.39 is 0 Å². The molecular formula is C17H23N. The van der Waals surface area contributed by atoms with Crippen molar-refractivity contribution in [2.75, 3.05) is 0 Å². The summed E-state index contributed by atoms with van der Waals surface area (Å²) < 4.78 is 0. The van der Waals surface area contributed by atoms with Crippen LogP contribution < -0.4 is 5.32 Å². The van der Waals surface area contributed by atoms with E-state index in [0.29, 0.717) is 0 Å². The Bertz CT molecular complexity index is 429. The molecule has 0 spiro atoms. The van der Waals surface area contributed by atoms with Gasteiger partial charge in [0, 0.05) is 12.6 Å². The molecule has 1 nitrogen and oxygen atoms in total. The molecule has 0 heterocycles. The van der Waals surface area contributed by atoms with Crippen LogP contribution in [0.1, 0.15) is 56.1 Å². The van der Waals surface area contributed by atoms with E-state index in [4.69, 9.17) is 0 Å². The molecule has 1 fully saturated rings. The highest BCUT2D eigenvalue weighted by Crippen LogP contribution is 2.29. The second-order valence-electron chi connectivity index (χ2n) is 5.64. The van der Waals surface area contributed by atoms with Gasteiger partial charge in [0.2, 0.25) is 0 Å². The molecule has 0 saturated heterocycles. The highest BCUT2D eigenvalue weighted by Gasteiger charge is 2.20. The lowest BCUT2D eigenvalue weighted by molar-refractivity contribution is 0.686. The SMILES string of the molecule is C1=C(c2ccccc2CNC2CC2)CCCCC1. The predicted molar refractivity (Wildman–Crippen MR) is 77.4 cm³/mol. The first-order valence-electron chi connectivity index (χ1n) is 7.44. The Morgan fingerprint density at radius 3 is 2.83 bits per heavy atom. The van der Waals surface area contributed by atoms with Gasteiger partial charge in [-0.1, -0.05) is 36.8 Å². The van der Waals surface area contributed by atoms with Gasteiger partial charge >= 0.3 is 0 Å². The molecular weight excluding hydrogens is 218 g/mol. The molecule has 1 heteroatoms. The zero-order valence-corrected chi connectivity index (χ0v) is 11.1. The van der Waals surface area contributed by atoms with Crippen molar-refractivity contribution >= 4 is 5.57 Å². The minimum atomic E-state index is 0.793. The van der Waals surface area contributed by atoms with Crippen molar-refractivity contribution in [3.8, 4) is 0 Å². The molecule has 2 aliphatic rings. The van der Waals surface area contributed by atoms with Gasteiger partial charge in [-0.25, -0.2) is 0 Å². The number of rotatable bonds is 4. The van der Waals surface area contributed by atoms with Crippen LogP contribution in [0.4, 0.5) is 0 Å². The Hall–Kier alpha value is -1.08. The van der Waals surface area contributed by atoms with Gasteiger partial charge in [-0.3, -0.25) is 0 Å². The molecule has 1 aromatic rings. The van der Waals surface area contributed by atoms with Crippen molar-refractivity contribution in [1.29, 1.82) is 0 Å². The summed E-state index contributed by atoms with van der Waals surface area (Å²) in [6.45, 7) is 1.04. The lowest BCUT2D eigenvalue weighted by Crippen LogP contribution is -2.16. The third kappa shape index (κ3) is 3.02. The van der Waals surface area contributed by atoms with Crippen molar-refractivity contribution in [3.05, 3.63) is 41.5 Å². The Balaban J connectivity index is 1.77. The Morgan fingerprint density at radius 2 is 1.94 bits per heavy atom. The lowest BCUT2D eigenvalue weighted by Gasteiger charge is -2.13. The van der Waals surface area contributed by atoms with Crippen molar-refractivity contribution in [3.63, 3.8) is 0 Å². The third-order valence-corrected chi connectivity index (χ3v) is 4.06. The van der Waals surface area contributed by atoms with E-state index in [1.165, 1.54) is 56.1 Å². The summed E-state index contributed by atoms with van der Waals surface area (Å²) in [7, 11) is 0. The maximum Gasteiger partial charge on any atom is 0.0214 e. The minimum absolute atomic E-state index is 0.793. The quantitative estimate of drug-likeness (QED) is 0.829. The van der Waals surface area contributed by atoms with Crippen molar-refractivity contribution in [2.24, 2.45) is 0 Å². The van der Waals surface area contributed by atoms with E-state index in [2.05, 4.69) is 35.7 Å². The zero-order chi connectivity index (χ0) is 12.2. The molecule has 1 aromatic carbocycles. The molecule has 96 valence electrons. The van der Waals surface area contributed by atoms with Crippen molar-refractivity contribution in [1.82, 2.24) is 5.32 Å². The van der Waals surface area contributed by atoms with E-state index >= 15 is 0 Å². The molecule has 0 radical (unpaired) electrons. The number of hydrogen-bond donors (Lipinski definition) is 1. The number of nitrogens with one attached hydrogen (secondary N) is 1. The van der Waals surface area contributed by atoms with E-state index in [-0.39, 0.29) is 0 Å². The first-order chi connectivity index (χ1) is 8.93. The zero-order valence-electron chi connectivity index (χ0n) is 11.1. The minimum Gasteiger partial charge on any atom is -0.310 e. The molecule has 0 aromatic heterocycles. The Kier molecular flexibility index (Phi) is 3.80. The van der Waals surface area contributed by atoms with Crippen molar-refractivity contribution in [2.45, 2.75) is 57.5 Å². The Morgan fingerprint density at radius 1 is 1.06 bits per heavy atom. The summed E-state index contributed by atoms with van der Waals surface area (Å²) in [5.41, 5.74) is 4.56. The van der Waals surface area contributed by atoms with Crippen LogP contribution in [0.2, 0.25) is 0 Å². The highest BCUT2D eigenvalue weighted by atomic mass is 14.9. The van der Waals surface area contributed by atoms with Crippen LogP contribution in [-0.4, -0.2) is 6.04 Å². The van der Waals surface area contributed by atoms with Gasteiger partial charge < -0.3 is 5.32 Å². The third-order valence-electron chi connectivity index (χ3n) is 4.06. The van der Waals surface area contributed by atoms with Crippen LogP contribution in [0.15, 0.2) is 30.3 Å². The fourth-order valence-corrected chi connectivity index (χ4v) is 2.79. The number of benzene rings is 1. The molecule has 3 rings (SSSR count). The fraction of sp³-hybridized carbons (Fsp3) is 0.529. The monoisotopic (exact) mass is 241 g/mol. The molecule has 0 aliphatic heterocycles. The van der Waals surface area contributed by atoms with Gasteiger partial charge in [-0.2, -0.15) is 0 Å². The van der Waals surface area contributed by atoms with Crippen LogP contribution in [0.3, 0.4) is 0 Å². The van der Waals surface area contributed by atoms with Gasteiger partial charge in [0.25, 0.3) is 0 Å². The lowest BCUT2D eigenvalue weighted by atomic mass is 9.96. The normalized spacial score (nSPS) is 20.3. The second kappa shape index (κ2) is 5.71. The summed E-state index contributed by atoms with van der Waals surface area (Å²) in [6, 6.07) is 9.74. The summed E-state index contributed by atoms with van der Waals surface area (Å²) in [6.07, 6.45) is 11.9. The molecule has 0 amide bonds. The topological polar surface area (TPSA) is 12.0 Å². The van der Waals surface area contributed by atoms with Gasteiger partial charge in [-0.15, -0.1) is 0 Å². The van der Waals surface area contributed by atoms with Gasteiger partial charge in [0.15, 0.2) is 0 Å². The molecule has 0 bridgehead atoms. The van der Waals surface area contributed by atoms with Crippen LogP contribution >= 0.6 is 0 Å². The summed E-state index contributed by atoms with van der Waals surface area (Å²) >= 11 is 0. The second-order valence-corrected chi connectivity index (χ2v) is 5.64. The summed E-state index contributed by atoms with van der Waals surface area (Å²) in [5, 5.41) is 3.64. The van der Waals surface area contributed by atoms with Gasteiger partial charge in [-0.05, 0) is 55.2 Å². The van der Waals surface area contributed by atoms with Crippen LogP contribution in [0, 0.1) is 0 Å². The van der Waals surface area contributed by atoms with E-state index in [1.54, 1.807) is 5.57 Å². The summed E-state index contributed by atoms with van der Waals surface area (Å²) in [4.78, 5) is 0. The molecule has 1 N–H and O–H groups in total. The van der Waals surface area contributed by atoms with Crippen LogP contribution in [0.5, 0.6) is 0 Å². The molecule has 18 heavy (non-hydrogen) atoms. The summed E-state index contributed by atoms with van der Waals surface area (Å²) in [5.74, 6) is 0. The molecule has 1 saturated carbocycles. The Labute approximate surface area is 110 Å². The molecule has 2 aliphatic carbocycles. The first-order valence-corrected chi connectivity index (χ1v) is 7.44. The first kappa shape index (κ1) is 12.0. The van der Waals surface area contributed by atoms with E-state index in [1.807, 2.05) is 0 Å². The standard InChI is InChI=1S/C17H23N/c1-2-4-8-14(7-3-1)17-10-6-5-9-15(17)13-18-16-11-12-16/h5-7,9-10,16,18H,1-4,8,11-13H2. The average molecular weight is 241 g/mol. The largest absolute Gasteiger partial charge is 0.310 e. The van der Waals surface area contributed by atoms with Crippen molar-refractivity contribution < 1.29 is 0 Å². The van der Waals surface area contributed by atoms with Crippen LogP contribution in [0.25, 0.3) is 5.57 Å². The van der Waals surface area contributed by atoms with Crippen LogP contribution in [-0.2, 0) is 6.54 Å². The predicted octanol–water partition coefficient (Wildman–Crippen LogP) is 4.29. The molecule has 0 atom stereocenters. The maximum absolute atomic E-state index is 3.64. The fourth-order valence-electron chi connectivity index (χ4n) is 2.79. The molecule has 0 unspecified atom stereocenters. The van der Waals surface area contributed by atoms with E-state index in [9.17, 15) is 0 Å². The van der Waals surface area contributed by atoms with Gasteiger partial charge in [0.05, 0.1) is 0 Å². The number of hydrogen-bond acceptors (Lipinski definition) is 1. The maximum atomic E-state index is 3.64. The number of allylic oxidation sites excluding steroid dienone is 2. The van der Waals surface area contributed by atoms with E-state index in [0.717, 1.165) is 12.6 Å². The average Bonchev–Trinajstić information content (AvgIpc) is 3.24. The highest BCUT2D eigenvalue weighted by molar-refractivity contribution is 5.68. The smallest absolute Gasteiger partial charge is 0.0214 e.